The third-order valence-corrected chi connectivity index (χ3v) is 4.28. The quantitative estimate of drug-likeness (QED) is 0.877. The molecule has 0 radical (unpaired) electrons. The zero-order chi connectivity index (χ0) is 15.4. The zero-order valence-electron chi connectivity index (χ0n) is 13.1. The summed E-state index contributed by atoms with van der Waals surface area (Å²) in [7, 11) is 0. The SMILES string of the molecule is CCC(C)n1cccc(-c2csc(NCC(C)C)n2)c1=O. The molecule has 0 aliphatic rings. The van der Waals surface area contributed by atoms with E-state index in [1.54, 1.807) is 15.9 Å². The molecule has 0 bridgehead atoms. The Labute approximate surface area is 129 Å². The van der Waals surface area contributed by atoms with Crippen LogP contribution in [0.3, 0.4) is 0 Å². The third-order valence-electron chi connectivity index (χ3n) is 3.48. The second-order valence-corrected chi connectivity index (χ2v) is 6.56. The van der Waals surface area contributed by atoms with E-state index in [9.17, 15) is 4.79 Å². The fraction of sp³-hybridized carbons (Fsp3) is 0.500. The minimum absolute atomic E-state index is 0.0348. The maximum atomic E-state index is 12.6. The smallest absolute Gasteiger partial charge is 0.260 e. The first-order chi connectivity index (χ1) is 10.0. The van der Waals surface area contributed by atoms with Gasteiger partial charge in [0.1, 0.15) is 0 Å². The van der Waals surface area contributed by atoms with E-state index in [4.69, 9.17) is 0 Å². The second kappa shape index (κ2) is 6.89. The lowest BCUT2D eigenvalue weighted by Gasteiger charge is -2.13. The van der Waals surface area contributed by atoms with Crippen molar-refractivity contribution in [3.8, 4) is 11.3 Å². The molecule has 5 heteroatoms. The van der Waals surface area contributed by atoms with Gasteiger partial charge < -0.3 is 9.88 Å². The molecule has 0 spiro atoms. The lowest BCUT2D eigenvalue weighted by atomic mass is 10.2. The van der Waals surface area contributed by atoms with Gasteiger partial charge in [-0.05, 0) is 31.4 Å². The molecule has 0 amide bonds. The van der Waals surface area contributed by atoms with E-state index in [-0.39, 0.29) is 11.6 Å². The van der Waals surface area contributed by atoms with E-state index < -0.39 is 0 Å². The largest absolute Gasteiger partial charge is 0.361 e. The van der Waals surface area contributed by atoms with Crippen molar-refractivity contribution in [2.75, 3.05) is 11.9 Å². The van der Waals surface area contributed by atoms with Crippen LogP contribution in [0.15, 0.2) is 28.5 Å². The molecular formula is C16H23N3OS. The summed E-state index contributed by atoms with van der Waals surface area (Å²) >= 11 is 1.54. The Morgan fingerprint density at radius 1 is 1.38 bits per heavy atom. The first-order valence-corrected chi connectivity index (χ1v) is 8.31. The number of pyridine rings is 1. The number of hydrogen-bond donors (Lipinski definition) is 1. The van der Waals surface area contributed by atoms with E-state index >= 15 is 0 Å². The van der Waals surface area contributed by atoms with Gasteiger partial charge in [-0.3, -0.25) is 4.79 Å². The number of nitrogens with zero attached hydrogens (tertiary/aromatic N) is 2. The van der Waals surface area contributed by atoms with E-state index in [1.807, 2.05) is 23.7 Å². The molecule has 1 N–H and O–H groups in total. The average molecular weight is 305 g/mol. The summed E-state index contributed by atoms with van der Waals surface area (Å²) in [5.74, 6) is 0.566. The van der Waals surface area contributed by atoms with E-state index in [2.05, 4.69) is 38.0 Å². The Morgan fingerprint density at radius 3 is 2.81 bits per heavy atom. The van der Waals surface area contributed by atoms with Crippen LogP contribution in [0, 0.1) is 5.92 Å². The van der Waals surface area contributed by atoms with Crippen molar-refractivity contribution in [1.82, 2.24) is 9.55 Å². The van der Waals surface area contributed by atoms with Crippen LogP contribution in [0.2, 0.25) is 0 Å². The first kappa shape index (κ1) is 15.8. The topological polar surface area (TPSA) is 46.9 Å². The van der Waals surface area contributed by atoms with Crippen molar-refractivity contribution in [2.24, 2.45) is 5.92 Å². The molecule has 2 aromatic rings. The number of nitrogens with one attached hydrogen (secondary N) is 1. The van der Waals surface area contributed by atoms with E-state index in [1.165, 1.54) is 0 Å². The molecule has 0 saturated heterocycles. The summed E-state index contributed by atoms with van der Waals surface area (Å²) in [6.07, 6.45) is 2.78. The third kappa shape index (κ3) is 3.73. The number of anilines is 1. The maximum Gasteiger partial charge on any atom is 0.260 e. The molecule has 4 nitrogen and oxygen atoms in total. The molecule has 21 heavy (non-hydrogen) atoms. The van der Waals surface area contributed by atoms with Gasteiger partial charge in [-0.25, -0.2) is 4.98 Å². The maximum absolute atomic E-state index is 12.6. The Balaban J connectivity index is 2.28. The number of aromatic nitrogens is 2. The normalized spacial score (nSPS) is 12.6. The van der Waals surface area contributed by atoms with Gasteiger partial charge in [-0.15, -0.1) is 11.3 Å². The minimum Gasteiger partial charge on any atom is -0.361 e. The van der Waals surface area contributed by atoms with Crippen LogP contribution in [0.5, 0.6) is 0 Å². The molecule has 2 rings (SSSR count). The van der Waals surface area contributed by atoms with Gasteiger partial charge in [0.15, 0.2) is 5.13 Å². The van der Waals surface area contributed by atoms with Gasteiger partial charge in [0, 0.05) is 24.2 Å². The minimum atomic E-state index is 0.0348. The zero-order valence-corrected chi connectivity index (χ0v) is 13.9. The van der Waals surface area contributed by atoms with Crippen molar-refractivity contribution in [3.05, 3.63) is 34.1 Å². The molecule has 2 heterocycles. The van der Waals surface area contributed by atoms with Gasteiger partial charge in [0.05, 0.1) is 11.3 Å². The van der Waals surface area contributed by atoms with Crippen LogP contribution in [0.4, 0.5) is 5.13 Å². The molecule has 1 atom stereocenters. The second-order valence-electron chi connectivity index (χ2n) is 5.70. The molecule has 0 fully saturated rings. The predicted molar refractivity (Wildman–Crippen MR) is 90.1 cm³/mol. The fourth-order valence-electron chi connectivity index (χ4n) is 2.02. The molecular weight excluding hydrogens is 282 g/mol. The highest BCUT2D eigenvalue weighted by atomic mass is 32.1. The highest BCUT2D eigenvalue weighted by Gasteiger charge is 2.12. The van der Waals surface area contributed by atoms with Crippen LogP contribution in [0.25, 0.3) is 11.3 Å². The Kier molecular flexibility index (Phi) is 5.17. The predicted octanol–water partition coefficient (Wildman–Crippen LogP) is 4.01. The fourth-order valence-corrected chi connectivity index (χ4v) is 2.74. The molecule has 0 saturated carbocycles. The summed E-state index contributed by atoms with van der Waals surface area (Å²) in [5, 5.41) is 6.12. The first-order valence-electron chi connectivity index (χ1n) is 7.43. The summed E-state index contributed by atoms with van der Waals surface area (Å²) < 4.78 is 1.79. The summed E-state index contributed by atoms with van der Waals surface area (Å²) in [6, 6.07) is 3.97. The van der Waals surface area contributed by atoms with Gasteiger partial charge in [0.25, 0.3) is 5.56 Å². The van der Waals surface area contributed by atoms with Crippen molar-refractivity contribution < 1.29 is 0 Å². The average Bonchev–Trinajstić information content (AvgIpc) is 2.93. The molecule has 2 aromatic heterocycles. The molecule has 0 aliphatic heterocycles. The lowest BCUT2D eigenvalue weighted by molar-refractivity contribution is 0.515. The molecule has 0 aliphatic carbocycles. The lowest BCUT2D eigenvalue weighted by Crippen LogP contribution is -2.23. The van der Waals surface area contributed by atoms with Gasteiger partial charge in [0.2, 0.25) is 0 Å². The van der Waals surface area contributed by atoms with Crippen LogP contribution >= 0.6 is 11.3 Å². The van der Waals surface area contributed by atoms with Crippen LogP contribution in [-0.2, 0) is 0 Å². The highest BCUT2D eigenvalue weighted by Crippen LogP contribution is 2.23. The van der Waals surface area contributed by atoms with Crippen molar-refractivity contribution in [3.63, 3.8) is 0 Å². The highest BCUT2D eigenvalue weighted by molar-refractivity contribution is 7.14. The van der Waals surface area contributed by atoms with Crippen LogP contribution in [0.1, 0.15) is 40.2 Å². The van der Waals surface area contributed by atoms with Crippen LogP contribution < -0.4 is 10.9 Å². The van der Waals surface area contributed by atoms with Crippen molar-refractivity contribution >= 4 is 16.5 Å². The standard InChI is InChI=1S/C16H23N3OS/c1-5-12(4)19-8-6-7-13(15(19)20)14-10-21-16(18-14)17-9-11(2)3/h6-8,10-12H,5,9H2,1-4H3,(H,17,18). The Morgan fingerprint density at radius 2 is 2.14 bits per heavy atom. The van der Waals surface area contributed by atoms with Crippen molar-refractivity contribution in [1.29, 1.82) is 0 Å². The molecule has 114 valence electrons. The monoisotopic (exact) mass is 305 g/mol. The van der Waals surface area contributed by atoms with Crippen molar-refractivity contribution in [2.45, 2.75) is 40.2 Å². The van der Waals surface area contributed by atoms with E-state index in [0.717, 1.165) is 23.8 Å². The number of rotatable bonds is 6. The van der Waals surface area contributed by atoms with Gasteiger partial charge in [-0.2, -0.15) is 0 Å². The van der Waals surface area contributed by atoms with E-state index in [0.29, 0.717) is 11.5 Å². The van der Waals surface area contributed by atoms with Gasteiger partial charge >= 0.3 is 0 Å². The summed E-state index contributed by atoms with van der Waals surface area (Å²) in [6.45, 7) is 9.34. The van der Waals surface area contributed by atoms with Crippen LogP contribution in [-0.4, -0.2) is 16.1 Å². The van der Waals surface area contributed by atoms with Gasteiger partial charge in [-0.1, -0.05) is 20.8 Å². The number of hydrogen-bond acceptors (Lipinski definition) is 4. The Bertz CT molecular complexity index is 645. The molecule has 0 aromatic carbocycles. The number of thiazole rings is 1. The summed E-state index contributed by atoms with van der Waals surface area (Å²) in [5.41, 5.74) is 1.47. The molecule has 1 unspecified atom stereocenters. The Hall–Kier alpha value is -1.62. The summed E-state index contributed by atoms with van der Waals surface area (Å²) in [4.78, 5) is 17.1.